The molecule has 0 fully saturated rings. The van der Waals surface area contributed by atoms with Crippen LogP contribution in [0.3, 0.4) is 0 Å². The maximum atomic E-state index is 13.4. The molecule has 1 aromatic heterocycles. The zero-order chi connectivity index (χ0) is 25.0. The zero-order valence-corrected chi connectivity index (χ0v) is 22.8. The quantitative estimate of drug-likeness (QED) is 0.152. The van der Waals surface area contributed by atoms with E-state index in [0.29, 0.717) is 23.9 Å². The SMILES string of the molecule is CCCCSc1nc2ccc(S(=O)(=O)NC(C(CC)(CC)c3ccccc3)P(=O)(O)O)cc2s1. The molecule has 0 aliphatic heterocycles. The van der Waals surface area contributed by atoms with Crippen LogP contribution in [-0.4, -0.2) is 34.7 Å². The number of hydrogen-bond donors (Lipinski definition) is 3. The van der Waals surface area contributed by atoms with Crippen LogP contribution >= 0.6 is 30.7 Å². The Morgan fingerprint density at radius 3 is 2.38 bits per heavy atom. The van der Waals surface area contributed by atoms with Crippen molar-refractivity contribution >= 4 is 50.9 Å². The second-order valence-electron chi connectivity index (χ2n) is 8.15. The predicted molar refractivity (Wildman–Crippen MR) is 140 cm³/mol. The molecule has 1 atom stereocenters. The average molecular weight is 543 g/mol. The van der Waals surface area contributed by atoms with Crippen molar-refractivity contribution in [1.82, 2.24) is 9.71 Å². The van der Waals surface area contributed by atoms with Gasteiger partial charge in [-0.05, 0) is 43.0 Å². The molecular formula is C23H31N2O5PS3. The molecule has 7 nitrogen and oxygen atoms in total. The van der Waals surface area contributed by atoms with Gasteiger partial charge in [0.25, 0.3) is 0 Å². The predicted octanol–water partition coefficient (Wildman–Crippen LogP) is 5.73. The summed E-state index contributed by atoms with van der Waals surface area (Å²) in [6, 6.07) is 13.6. The van der Waals surface area contributed by atoms with Gasteiger partial charge in [0.2, 0.25) is 10.0 Å². The van der Waals surface area contributed by atoms with Crippen LogP contribution in [0.4, 0.5) is 0 Å². The van der Waals surface area contributed by atoms with E-state index in [1.165, 1.54) is 23.5 Å². The molecular weight excluding hydrogens is 511 g/mol. The summed E-state index contributed by atoms with van der Waals surface area (Å²) in [7, 11) is -9.10. The first-order valence-corrected chi connectivity index (χ1v) is 16.2. The van der Waals surface area contributed by atoms with E-state index in [1.807, 2.05) is 19.9 Å². The standard InChI is InChI=1S/C23H31N2O5PS3/c1-4-7-15-32-22-24-19-14-13-18(16-20(19)33-22)34(29,30)25-21(31(26,27)28)23(5-2,6-3)17-11-9-8-10-12-17/h8-14,16,21,25H,4-7,15H2,1-3H3,(H2,26,27,28). The largest absolute Gasteiger partial charge is 0.344 e. The van der Waals surface area contributed by atoms with Crippen molar-refractivity contribution in [1.29, 1.82) is 0 Å². The van der Waals surface area contributed by atoms with Gasteiger partial charge in [0.15, 0.2) is 4.34 Å². The van der Waals surface area contributed by atoms with Gasteiger partial charge < -0.3 is 9.79 Å². The third-order valence-corrected chi connectivity index (χ3v) is 11.2. The van der Waals surface area contributed by atoms with Crippen LogP contribution in [0.5, 0.6) is 0 Å². The fraction of sp³-hybridized carbons (Fsp3) is 0.435. The van der Waals surface area contributed by atoms with E-state index in [4.69, 9.17) is 0 Å². The summed E-state index contributed by atoms with van der Waals surface area (Å²) in [4.78, 5) is 25.1. The molecule has 11 heteroatoms. The first-order chi connectivity index (χ1) is 16.1. The van der Waals surface area contributed by atoms with Crippen molar-refractivity contribution in [2.45, 2.75) is 66.9 Å². The lowest BCUT2D eigenvalue weighted by Crippen LogP contribution is -2.49. The highest BCUT2D eigenvalue weighted by Gasteiger charge is 2.49. The highest BCUT2D eigenvalue weighted by molar-refractivity contribution is 8.01. The lowest BCUT2D eigenvalue weighted by atomic mass is 9.75. The number of fused-ring (bicyclic) bond motifs is 1. The van der Waals surface area contributed by atoms with E-state index in [1.54, 1.807) is 42.1 Å². The van der Waals surface area contributed by atoms with Crippen LogP contribution in [0.15, 0.2) is 57.8 Å². The van der Waals surface area contributed by atoms with Crippen LogP contribution in [0.25, 0.3) is 10.2 Å². The maximum Gasteiger partial charge on any atom is 0.344 e. The van der Waals surface area contributed by atoms with Crippen molar-refractivity contribution in [2.75, 3.05) is 5.75 Å². The molecule has 3 N–H and O–H groups in total. The van der Waals surface area contributed by atoms with Gasteiger partial charge in [-0.3, -0.25) is 4.57 Å². The van der Waals surface area contributed by atoms with Gasteiger partial charge in [0.1, 0.15) is 5.78 Å². The number of sulfonamides is 1. The molecule has 0 radical (unpaired) electrons. The monoisotopic (exact) mass is 542 g/mol. The minimum Gasteiger partial charge on any atom is -0.323 e. The molecule has 34 heavy (non-hydrogen) atoms. The molecule has 0 spiro atoms. The summed E-state index contributed by atoms with van der Waals surface area (Å²) in [6.45, 7) is 5.75. The number of thioether (sulfide) groups is 1. The number of hydrogen-bond acceptors (Lipinski definition) is 6. The fourth-order valence-electron chi connectivity index (χ4n) is 4.11. The van der Waals surface area contributed by atoms with E-state index >= 15 is 0 Å². The highest BCUT2D eigenvalue weighted by atomic mass is 32.2. The van der Waals surface area contributed by atoms with Gasteiger partial charge in [-0.2, -0.15) is 4.72 Å². The molecule has 3 aromatic rings. The summed E-state index contributed by atoms with van der Waals surface area (Å²) in [5.74, 6) is -0.664. The van der Waals surface area contributed by atoms with Gasteiger partial charge in [0.05, 0.1) is 15.1 Å². The lowest BCUT2D eigenvalue weighted by Gasteiger charge is -2.40. The van der Waals surface area contributed by atoms with Crippen LogP contribution in [0.2, 0.25) is 0 Å². The Balaban J connectivity index is 1.99. The van der Waals surface area contributed by atoms with Gasteiger partial charge in [-0.25, -0.2) is 13.4 Å². The van der Waals surface area contributed by atoms with Gasteiger partial charge in [-0.15, -0.1) is 11.3 Å². The lowest BCUT2D eigenvalue weighted by molar-refractivity contribution is 0.286. The summed E-state index contributed by atoms with van der Waals surface area (Å²) in [5.41, 5.74) is 0.309. The molecule has 0 aliphatic carbocycles. The van der Waals surface area contributed by atoms with E-state index in [2.05, 4.69) is 16.6 Å². The molecule has 186 valence electrons. The minimum absolute atomic E-state index is 0.0404. The summed E-state index contributed by atoms with van der Waals surface area (Å²) < 4.78 is 43.4. The molecule has 1 heterocycles. The molecule has 3 rings (SSSR count). The van der Waals surface area contributed by atoms with Gasteiger partial charge in [0, 0.05) is 11.2 Å². The smallest absolute Gasteiger partial charge is 0.323 e. The first-order valence-electron chi connectivity index (χ1n) is 11.2. The Labute approximate surface area is 209 Å². The number of nitrogens with zero attached hydrogens (tertiary/aromatic N) is 1. The van der Waals surface area contributed by atoms with E-state index in [0.717, 1.165) is 27.6 Å². The molecule has 0 amide bonds. The van der Waals surface area contributed by atoms with Crippen molar-refractivity contribution < 1.29 is 22.8 Å². The van der Waals surface area contributed by atoms with Crippen LogP contribution in [-0.2, 0) is 20.0 Å². The van der Waals surface area contributed by atoms with E-state index in [-0.39, 0.29) is 4.90 Å². The fourth-order valence-corrected chi connectivity index (χ4v) is 9.74. The molecule has 1 unspecified atom stereocenters. The van der Waals surface area contributed by atoms with E-state index < -0.39 is 28.8 Å². The number of nitrogens with one attached hydrogen (secondary N) is 1. The molecule has 2 aromatic carbocycles. The van der Waals surface area contributed by atoms with Crippen molar-refractivity contribution in [3.05, 3.63) is 54.1 Å². The second-order valence-corrected chi connectivity index (χ2v) is 13.9. The van der Waals surface area contributed by atoms with Gasteiger partial charge in [-0.1, -0.05) is 69.3 Å². The number of unbranched alkanes of at least 4 members (excludes halogenated alkanes) is 1. The Bertz CT molecular complexity index is 1250. The summed E-state index contributed by atoms with van der Waals surface area (Å²) >= 11 is 3.06. The topological polar surface area (TPSA) is 117 Å². The average Bonchev–Trinajstić information content (AvgIpc) is 3.22. The third-order valence-electron chi connectivity index (χ3n) is 6.11. The van der Waals surface area contributed by atoms with Crippen molar-refractivity contribution in [3.8, 4) is 0 Å². The highest BCUT2D eigenvalue weighted by Crippen LogP contribution is 2.53. The number of thiazole rings is 1. The Morgan fingerprint density at radius 1 is 1.12 bits per heavy atom. The molecule has 0 aliphatic rings. The van der Waals surface area contributed by atoms with Crippen molar-refractivity contribution in [2.24, 2.45) is 0 Å². The third kappa shape index (κ3) is 5.93. The Morgan fingerprint density at radius 2 is 1.79 bits per heavy atom. The van der Waals surface area contributed by atoms with E-state index in [9.17, 15) is 22.8 Å². The summed E-state index contributed by atoms with van der Waals surface area (Å²) in [5, 5.41) is 0. The second kappa shape index (κ2) is 11.2. The summed E-state index contributed by atoms with van der Waals surface area (Å²) in [6.07, 6.45) is 2.86. The number of benzene rings is 2. The number of aromatic nitrogens is 1. The van der Waals surface area contributed by atoms with Crippen molar-refractivity contribution in [3.63, 3.8) is 0 Å². The first kappa shape index (κ1) is 27.3. The normalized spacial score (nSPS) is 13.9. The van der Waals surface area contributed by atoms with Crippen LogP contribution in [0.1, 0.15) is 52.0 Å². The Hall–Kier alpha value is -1.26. The zero-order valence-electron chi connectivity index (χ0n) is 19.5. The number of rotatable bonds is 12. The van der Waals surface area contributed by atoms with Crippen LogP contribution < -0.4 is 4.72 Å². The maximum absolute atomic E-state index is 13.4. The minimum atomic E-state index is -4.88. The Kier molecular flexibility index (Phi) is 9.01. The molecule has 0 saturated heterocycles. The van der Waals surface area contributed by atoms with Crippen LogP contribution in [0, 0.1) is 0 Å². The van der Waals surface area contributed by atoms with Gasteiger partial charge >= 0.3 is 7.60 Å². The molecule has 0 bridgehead atoms. The molecule has 0 saturated carbocycles.